The SMILES string of the molecule is CCCNc1cc(NN2CCOCC2)nc(C2CC2)n1. The summed E-state index contributed by atoms with van der Waals surface area (Å²) in [5.41, 5.74) is 3.38. The minimum atomic E-state index is 0.559. The summed E-state index contributed by atoms with van der Waals surface area (Å²) in [4.78, 5) is 9.27. The van der Waals surface area contributed by atoms with Crippen LogP contribution in [0.4, 0.5) is 11.6 Å². The van der Waals surface area contributed by atoms with E-state index in [-0.39, 0.29) is 0 Å². The predicted molar refractivity (Wildman–Crippen MR) is 78.8 cm³/mol. The van der Waals surface area contributed by atoms with Crippen molar-refractivity contribution < 1.29 is 4.74 Å². The largest absolute Gasteiger partial charge is 0.379 e. The maximum absolute atomic E-state index is 5.36. The lowest BCUT2D eigenvalue weighted by molar-refractivity contribution is 0.0495. The maximum atomic E-state index is 5.36. The summed E-state index contributed by atoms with van der Waals surface area (Å²) in [6.45, 7) is 6.42. The molecule has 3 rings (SSSR count). The Balaban J connectivity index is 1.71. The number of ether oxygens (including phenoxy) is 1. The van der Waals surface area contributed by atoms with Crippen molar-refractivity contribution in [1.82, 2.24) is 15.0 Å². The molecule has 0 atom stereocenters. The summed E-state index contributed by atoms with van der Waals surface area (Å²) in [6.07, 6.45) is 3.53. The van der Waals surface area contributed by atoms with Crippen LogP contribution in [0.1, 0.15) is 37.9 Å². The molecule has 1 aliphatic heterocycles. The Labute approximate surface area is 119 Å². The number of morpholine rings is 1. The molecular weight excluding hydrogens is 254 g/mol. The van der Waals surface area contributed by atoms with Gasteiger partial charge in [-0.05, 0) is 19.3 Å². The Morgan fingerprint density at radius 1 is 1.25 bits per heavy atom. The van der Waals surface area contributed by atoms with E-state index in [1.165, 1.54) is 12.8 Å². The molecule has 20 heavy (non-hydrogen) atoms. The van der Waals surface area contributed by atoms with E-state index < -0.39 is 0 Å². The van der Waals surface area contributed by atoms with E-state index in [4.69, 9.17) is 4.74 Å². The van der Waals surface area contributed by atoms with Gasteiger partial charge in [-0.15, -0.1) is 0 Å². The van der Waals surface area contributed by atoms with Gasteiger partial charge < -0.3 is 15.5 Å². The minimum absolute atomic E-state index is 0.559. The first-order valence-electron chi connectivity index (χ1n) is 7.57. The molecule has 1 saturated carbocycles. The lowest BCUT2D eigenvalue weighted by atomic mass is 10.3. The molecule has 2 aliphatic rings. The van der Waals surface area contributed by atoms with Gasteiger partial charge in [-0.25, -0.2) is 15.0 Å². The first kappa shape index (κ1) is 13.6. The van der Waals surface area contributed by atoms with Crippen molar-refractivity contribution in [3.8, 4) is 0 Å². The molecule has 2 fully saturated rings. The monoisotopic (exact) mass is 277 g/mol. The molecule has 110 valence electrons. The Kier molecular flexibility index (Phi) is 4.32. The molecule has 1 aliphatic carbocycles. The van der Waals surface area contributed by atoms with Gasteiger partial charge in [0.2, 0.25) is 0 Å². The summed E-state index contributed by atoms with van der Waals surface area (Å²) in [7, 11) is 0. The summed E-state index contributed by atoms with van der Waals surface area (Å²) in [5, 5.41) is 5.52. The number of nitrogens with one attached hydrogen (secondary N) is 2. The van der Waals surface area contributed by atoms with E-state index in [2.05, 4.69) is 32.6 Å². The number of hydrogen-bond donors (Lipinski definition) is 2. The zero-order valence-electron chi connectivity index (χ0n) is 12.1. The predicted octanol–water partition coefficient (Wildman–Crippen LogP) is 1.83. The van der Waals surface area contributed by atoms with Crippen molar-refractivity contribution in [2.75, 3.05) is 43.6 Å². The van der Waals surface area contributed by atoms with Crippen LogP contribution in [0, 0.1) is 0 Å². The Morgan fingerprint density at radius 2 is 2.00 bits per heavy atom. The normalized spacial score (nSPS) is 19.9. The second-order valence-corrected chi connectivity index (χ2v) is 5.41. The van der Waals surface area contributed by atoms with Crippen LogP contribution >= 0.6 is 0 Å². The highest BCUT2D eigenvalue weighted by molar-refractivity contribution is 5.47. The lowest BCUT2D eigenvalue weighted by Gasteiger charge is -2.27. The van der Waals surface area contributed by atoms with Crippen molar-refractivity contribution in [2.45, 2.75) is 32.1 Å². The highest BCUT2D eigenvalue weighted by atomic mass is 16.5. The van der Waals surface area contributed by atoms with Crippen LogP contribution in [0.5, 0.6) is 0 Å². The van der Waals surface area contributed by atoms with E-state index in [0.29, 0.717) is 5.92 Å². The molecule has 6 nitrogen and oxygen atoms in total. The first-order valence-corrected chi connectivity index (χ1v) is 7.57. The molecule has 1 aromatic heterocycles. The van der Waals surface area contributed by atoms with Crippen molar-refractivity contribution in [2.24, 2.45) is 0 Å². The fourth-order valence-corrected chi connectivity index (χ4v) is 2.23. The standard InChI is InChI=1S/C14H23N5O/c1-2-5-15-12-10-13(17-14(16-12)11-3-4-11)18-19-6-8-20-9-7-19/h10-11H,2-9H2,1H3,(H2,15,16,17,18). The third-order valence-corrected chi connectivity index (χ3v) is 3.53. The fourth-order valence-electron chi connectivity index (χ4n) is 2.23. The third kappa shape index (κ3) is 3.58. The Bertz CT molecular complexity index is 443. The Morgan fingerprint density at radius 3 is 2.70 bits per heavy atom. The van der Waals surface area contributed by atoms with Gasteiger partial charge in [-0.1, -0.05) is 6.92 Å². The number of aromatic nitrogens is 2. The molecular formula is C14H23N5O. The smallest absolute Gasteiger partial charge is 0.146 e. The number of anilines is 2. The average molecular weight is 277 g/mol. The van der Waals surface area contributed by atoms with Crippen LogP contribution in [0.15, 0.2) is 6.07 Å². The zero-order valence-corrected chi connectivity index (χ0v) is 12.1. The number of rotatable bonds is 6. The molecule has 0 bridgehead atoms. The van der Waals surface area contributed by atoms with Crippen molar-refractivity contribution in [3.63, 3.8) is 0 Å². The van der Waals surface area contributed by atoms with E-state index >= 15 is 0 Å². The first-order chi connectivity index (χ1) is 9.85. The number of hydrogen-bond acceptors (Lipinski definition) is 6. The molecule has 0 aromatic carbocycles. The van der Waals surface area contributed by atoms with Crippen molar-refractivity contribution >= 4 is 11.6 Å². The van der Waals surface area contributed by atoms with Gasteiger partial charge in [-0.3, -0.25) is 0 Å². The van der Waals surface area contributed by atoms with Crippen LogP contribution in [-0.2, 0) is 4.74 Å². The van der Waals surface area contributed by atoms with Gasteiger partial charge in [0.15, 0.2) is 0 Å². The molecule has 0 amide bonds. The van der Waals surface area contributed by atoms with Crippen LogP contribution in [0.25, 0.3) is 0 Å². The topological polar surface area (TPSA) is 62.3 Å². The average Bonchev–Trinajstić information content (AvgIpc) is 3.31. The van der Waals surface area contributed by atoms with Gasteiger partial charge >= 0.3 is 0 Å². The minimum Gasteiger partial charge on any atom is -0.379 e. The molecule has 2 N–H and O–H groups in total. The molecule has 6 heteroatoms. The van der Waals surface area contributed by atoms with Crippen molar-refractivity contribution in [3.05, 3.63) is 11.9 Å². The second kappa shape index (κ2) is 6.37. The summed E-state index contributed by atoms with van der Waals surface area (Å²) in [6, 6.07) is 2.00. The second-order valence-electron chi connectivity index (χ2n) is 5.41. The number of hydrazine groups is 1. The molecule has 0 radical (unpaired) electrons. The Hall–Kier alpha value is -1.40. The van der Waals surface area contributed by atoms with Gasteiger partial charge in [-0.2, -0.15) is 0 Å². The molecule has 1 saturated heterocycles. The summed E-state index contributed by atoms with van der Waals surface area (Å²) in [5.74, 6) is 3.35. The number of nitrogens with zero attached hydrogens (tertiary/aromatic N) is 3. The van der Waals surface area contributed by atoms with E-state index in [0.717, 1.165) is 56.7 Å². The van der Waals surface area contributed by atoms with Crippen LogP contribution in [0.2, 0.25) is 0 Å². The lowest BCUT2D eigenvalue weighted by Crippen LogP contribution is -2.40. The van der Waals surface area contributed by atoms with E-state index in [1.54, 1.807) is 0 Å². The van der Waals surface area contributed by atoms with Gasteiger partial charge in [0.05, 0.1) is 13.2 Å². The van der Waals surface area contributed by atoms with Crippen molar-refractivity contribution in [1.29, 1.82) is 0 Å². The summed E-state index contributed by atoms with van der Waals surface area (Å²) >= 11 is 0. The quantitative estimate of drug-likeness (QED) is 0.827. The fraction of sp³-hybridized carbons (Fsp3) is 0.714. The molecule has 1 aromatic rings. The highest BCUT2D eigenvalue weighted by Crippen LogP contribution is 2.38. The van der Waals surface area contributed by atoms with Gasteiger partial charge in [0.25, 0.3) is 0 Å². The molecule has 0 spiro atoms. The summed E-state index contributed by atoms with van der Waals surface area (Å²) < 4.78 is 5.36. The zero-order chi connectivity index (χ0) is 13.8. The highest BCUT2D eigenvalue weighted by Gasteiger charge is 2.27. The molecule has 0 unspecified atom stereocenters. The van der Waals surface area contributed by atoms with Gasteiger partial charge in [0, 0.05) is 31.6 Å². The van der Waals surface area contributed by atoms with Gasteiger partial charge in [0.1, 0.15) is 17.5 Å². The van der Waals surface area contributed by atoms with E-state index in [9.17, 15) is 0 Å². The third-order valence-electron chi connectivity index (χ3n) is 3.53. The molecule has 2 heterocycles. The van der Waals surface area contributed by atoms with Crippen LogP contribution in [-0.4, -0.2) is 47.8 Å². The van der Waals surface area contributed by atoms with Crippen LogP contribution in [0.3, 0.4) is 0 Å². The van der Waals surface area contributed by atoms with E-state index in [1.807, 2.05) is 6.07 Å². The van der Waals surface area contributed by atoms with Crippen LogP contribution < -0.4 is 10.7 Å². The maximum Gasteiger partial charge on any atom is 0.146 e.